The van der Waals surface area contributed by atoms with Gasteiger partial charge in [0.15, 0.2) is 0 Å². The van der Waals surface area contributed by atoms with E-state index in [1.165, 1.54) is 29.5 Å². The Morgan fingerprint density at radius 2 is 1.70 bits per heavy atom. The highest BCUT2D eigenvalue weighted by Crippen LogP contribution is 2.31. The fourth-order valence-corrected chi connectivity index (χ4v) is 2.26. The van der Waals surface area contributed by atoms with Crippen molar-refractivity contribution in [2.45, 2.75) is 47.0 Å². The summed E-state index contributed by atoms with van der Waals surface area (Å²) in [5, 5.41) is 0. The maximum Gasteiger partial charge on any atom is -0.00316 e. The Balaban J connectivity index is 2.59. The van der Waals surface area contributed by atoms with Gasteiger partial charge in [0.25, 0.3) is 0 Å². The van der Waals surface area contributed by atoms with Crippen LogP contribution in [0.3, 0.4) is 0 Å². The molecule has 1 rings (SSSR count). The number of benzene rings is 1. The topological polar surface area (TPSA) is 0 Å². The van der Waals surface area contributed by atoms with Crippen LogP contribution < -0.4 is 0 Å². The quantitative estimate of drug-likeness (QED) is 0.529. The summed E-state index contributed by atoms with van der Waals surface area (Å²) in [5.41, 5.74) is 5.09. The molecule has 0 saturated heterocycles. The molecule has 0 spiro atoms. The average Bonchev–Trinajstić information content (AvgIpc) is 2.38. The van der Waals surface area contributed by atoms with Gasteiger partial charge in [0, 0.05) is 0 Å². The molecule has 0 amide bonds. The van der Waals surface area contributed by atoms with Gasteiger partial charge in [0.2, 0.25) is 0 Å². The number of hydrogen-bond acceptors (Lipinski definition) is 0. The Morgan fingerprint density at radius 1 is 1.10 bits per heavy atom. The van der Waals surface area contributed by atoms with Crippen LogP contribution in [0.5, 0.6) is 0 Å². The average molecular weight is 268 g/mol. The molecule has 0 radical (unpaired) electrons. The van der Waals surface area contributed by atoms with Crippen LogP contribution in [0.25, 0.3) is 0 Å². The van der Waals surface area contributed by atoms with E-state index < -0.39 is 0 Å². The maximum atomic E-state index is 4.21. The molecular weight excluding hydrogens is 240 g/mol. The van der Waals surface area contributed by atoms with Crippen molar-refractivity contribution in [2.24, 2.45) is 5.41 Å². The summed E-state index contributed by atoms with van der Waals surface area (Å²) in [5.74, 6) is 0. The summed E-state index contributed by atoms with van der Waals surface area (Å²) < 4.78 is 0. The van der Waals surface area contributed by atoms with Crippen molar-refractivity contribution in [2.75, 3.05) is 0 Å². The molecule has 1 aromatic rings. The fourth-order valence-electron chi connectivity index (χ4n) is 2.26. The van der Waals surface area contributed by atoms with E-state index in [4.69, 9.17) is 0 Å². The standard InChI is InChI=1S/C20H28/c1-7-14-20(5,6)18(4)11-8-17(3)15-19-12-9-16(2)10-13-19/h8-13H,3-4,7,14-15H2,1-2,5-6H3/b11-8-. The van der Waals surface area contributed by atoms with Crippen LogP contribution in [-0.2, 0) is 6.42 Å². The number of rotatable bonds is 7. The number of allylic oxidation sites excluding steroid dienone is 4. The summed E-state index contributed by atoms with van der Waals surface area (Å²) >= 11 is 0. The van der Waals surface area contributed by atoms with Crippen LogP contribution in [0.2, 0.25) is 0 Å². The van der Waals surface area contributed by atoms with Gasteiger partial charge >= 0.3 is 0 Å². The first-order valence-corrected chi connectivity index (χ1v) is 7.46. The summed E-state index contributed by atoms with van der Waals surface area (Å²) in [7, 11) is 0. The predicted octanol–water partition coefficient (Wildman–Crippen LogP) is 6.03. The van der Waals surface area contributed by atoms with Crippen LogP contribution in [0.1, 0.15) is 44.7 Å². The lowest BCUT2D eigenvalue weighted by Crippen LogP contribution is -2.12. The first kappa shape index (κ1) is 16.5. The monoisotopic (exact) mass is 268 g/mol. The van der Waals surface area contributed by atoms with Crippen molar-refractivity contribution in [3.63, 3.8) is 0 Å². The maximum absolute atomic E-state index is 4.21. The third kappa shape index (κ3) is 5.21. The zero-order valence-corrected chi connectivity index (χ0v) is 13.5. The Bertz CT molecular complexity index is 483. The second-order valence-corrected chi connectivity index (χ2v) is 6.31. The van der Waals surface area contributed by atoms with E-state index >= 15 is 0 Å². The molecule has 0 nitrogen and oxygen atoms in total. The number of hydrogen-bond donors (Lipinski definition) is 0. The molecule has 0 aliphatic carbocycles. The molecule has 0 aromatic heterocycles. The molecule has 20 heavy (non-hydrogen) atoms. The Kier molecular flexibility index (Phi) is 6.01. The highest BCUT2D eigenvalue weighted by molar-refractivity contribution is 5.32. The van der Waals surface area contributed by atoms with E-state index in [0.717, 1.165) is 12.0 Å². The van der Waals surface area contributed by atoms with Gasteiger partial charge in [-0.3, -0.25) is 0 Å². The Labute approximate surface area is 124 Å². The van der Waals surface area contributed by atoms with Crippen LogP contribution in [0, 0.1) is 12.3 Å². The molecule has 0 fully saturated rings. The molecule has 0 saturated carbocycles. The second-order valence-electron chi connectivity index (χ2n) is 6.31. The van der Waals surface area contributed by atoms with Gasteiger partial charge in [-0.2, -0.15) is 0 Å². The first-order chi connectivity index (χ1) is 9.35. The van der Waals surface area contributed by atoms with Crippen molar-refractivity contribution < 1.29 is 0 Å². The molecule has 0 bridgehead atoms. The smallest absolute Gasteiger partial charge is 0.00316 e. The molecule has 1 aromatic carbocycles. The molecule has 0 aliphatic rings. The highest BCUT2D eigenvalue weighted by Gasteiger charge is 2.18. The van der Waals surface area contributed by atoms with Crippen molar-refractivity contribution in [3.05, 3.63) is 71.8 Å². The van der Waals surface area contributed by atoms with Crippen LogP contribution in [0.15, 0.2) is 60.7 Å². The first-order valence-electron chi connectivity index (χ1n) is 7.46. The van der Waals surface area contributed by atoms with E-state index in [-0.39, 0.29) is 5.41 Å². The lowest BCUT2D eigenvalue weighted by molar-refractivity contribution is 0.413. The molecular formula is C20H28. The largest absolute Gasteiger partial charge is 0.0955 e. The van der Waals surface area contributed by atoms with Crippen molar-refractivity contribution in [1.29, 1.82) is 0 Å². The minimum Gasteiger partial charge on any atom is -0.0955 e. The van der Waals surface area contributed by atoms with Gasteiger partial charge in [0.1, 0.15) is 0 Å². The summed E-state index contributed by atoms with van der Waals surface area (Å²) in [6, 6.07) is 8.64. The molecule has 0 aliphatic heterocycles. The summed E-state index contributed by atoms with van der Waals surface area (Å²) in [4.78, 5) is 0. The zero-order valence-electron chi connectivity index (χ0n) is 13.5. The van der Waals surface area contributed by atoms with Crippen LogP contribution in [0.4, 0.5) is 0 Å². The minimum atomic E-state index is 0.176. The Morgan fingerprint density at radius 3 is 2.25 bits per heavy atom. The highest BCUT2D eigenvalue weighted by atomic mass is 14.2. The van der Waals surface area contributed by atoms with Gasteiger partial charge in [-0.15, -0.1) is 0 Å². The van der Waals surface area contributed by atoms with Gasteiger partial charge in [-0.25, -0.2) is 0 Å². The molecule has 108 valence electrons. The number of aryl methyl sites for hydroxylation is 1. The fraction of sp³-hybridized carbons (Fsp3) is 0.400. The predicted molar refractivity (Wildman–Crippen MR) is 91.0 cm³/mol. The normalized spacial score (nSPS) is 11.8. The van der Waals surface area contributed by atoms with Crippen molar-refractivity contribution in [3.8, 4) is 0 Å². The molecule has 0 heterocycles. The second kappa shape index (κ2) is 7.28. The van der Waals surface area contributed by atoms with Crippen molar-refractivity contribution in [1.82, 2.24) is 0 Å². The minimum absolute atomic E-state index is 0.176. The molecule has 0 unspecified atom stereocenters. The van der Waals surface area contributed by atoms with E-state index in [0.29, 0.717) is 0 Å². The zero-order chi connectivity index (χ0) is 15.2. The van der Waals surface area contributed by atoms with E-state index in [1.54, 1.807) is 0 Å². The van der Waals surface area contributed by atoms with Crippen LogP contribution in [-0.4, -0.2) is 0 Å². The molecule has 0 N–H and O–H groups in total. The van der Waals surface area contributed by atoms with E-state index in [1.807, 2.05) is 0 Å². The lowest BCUT2D eigenvalue weighted by Gasteiger charge is -2.24. The SMILES string of the molecule is C=C(/C=C\C(=C)C(C)(C)CCC)Cc1ccc(C)cc1. The molecule has 0 heteroatoms. The van der Waals surface area contributed by atoms with Crippen molar-refractivity contribution >= 4 is 0 Å². The van der Waals surface area contributed by atoms with Crippen LogP contribution >= 0.6 is 0 Å². The van der Waals surface area contributed by atoms with Gasteiger partial charge in [-0.05, 0) is 36.3 Å². The van der Waals surface area contributed by atoms with Gasteiger partial charge < -0.3 is 0 Å². The summed E-state index contributed by atoms with van der Waals surface area (Å²) in [6.07, 6.45) is 7.49. The van der Waals surface area contributed by atoms with E-state index in [9.17, 15) is 0 Å². The Hall–Kier alpha value is -1.56. The summed E-state index contributed by atoms with van der Waals surface area (Å²) in [6.45, 7) is 17.2. The van der Waals surface area contributed by atoms with Gasteiger partial charge in [-0.1, -0.05) is 87.9 Å². The third-order valence-electron chi connectivity index (χ3n) is 3.82. The van der Waals surface area contributed by atoms with E-state index in [2.05, 4.69) is 77.3 Å². The molecule has 0 atom stereocenters. The lowest BCUT2D eigenvalue weighted by atomic mass is 9.80. The van der Waals surface area contributed by atoms with Gasteiger partial charge in [0.05, 0.1) is 0 Å². The third-order valence-corrected chi connectivity index (χ3v) is 3.82.